The van der Waals surface area contributed by atoms with E-state index in [9.17, 15) is 83.8 Å². The van der Waals surface area contributed by atoms with Crippen LogP contribution in [0.2, 0.25) is 0 Å². The lowest BCUT2D eigenvalue weighted by Crippen LogP contribution is -2.54. The molecule has 0 saturated heterocycles. The van der Waals surface area contributed by atoms with Crippen molar-refractivity contribution in [3.8, 4) is 0 Å². The Morgan fingerprint density at radius 1 is 0.543 bits per heavy atom. The minimum absolute atomic E-state index is 1.49. The first-order valence-electron chi connectivity index (χ1n) is 6.98. The van der Waals surface area contributed by atoms with Gasteiger partial charge in [-0.05, 0) is 0 Å². The summed E-state index contributed by atoms with van der Waals surface area (Å²) in [5.74, 6) is -10.0. The molecule has 0 heterocycles. The lowest BCUT2D eigenvalue weighted by molar-refractivity contribution is -0.627. The molecule has 7 nitrogen and oxygen atoms in total. The lowest BCUT2D eigenvalue weighted by atomic mass is 10.2. The van der Waals surface area contributed by atoms with Crippen LogP contribution in [0.25, 0.3) is 0 Å². The first-order valence-corrected chi connectivity index (χ1v) is 6.98. The predicted octanol–water partition coefficient (Wildman–Crippen LogP) is 5.08. The fourth-order valence-corrected chi connectivity index (χ4v) is 1.24. The van der Waals surface area contributed by atoms with Crippen molar-refractivity contribution < 1.29 is 113 Å². The van der Waals surface area contributed by atoms with E-state index in [-0.39, 0.29) is 0 Å². The van der Waals surface area contributed by atoms with E-state index in [2.05, 4.69) is 0 Å². The molecule has 0 spiro atoms. The van der Waals surface area contributed by atoms with Gasteiger partial charge in [-0.2, -0.15) is 39.5 Å². The van der Waals surface area contributed by atoms with Crippen LogP contribution in [0.3, 0.4) is 0 Å². The van der Waals surface area contributed by atoms with E-state index in [4.69, 9.17) is 5.11 Å². The van der Waals surface area contributed by atoms with Gasteiger partial charge in [0, 0.05) is 0 Å². The van der Waals surface area contributed by atoms with Gasteiger partial charge in [0.05, 0.1) is 0 Å². The van der Waals surface area contributed by atoms with E-state index in [0.717, 1.165) is 0 Å². The third-order valence-corrected chi connectivity index (χ3v) is 2.44. The zero-order chi connectivity index (χ0) is 28.7. The van der Waals surface area contributed by atoms with Gasteiger partial charge in [0.15, 0.2) is 0 Å². The molecule has 0 rings (SSSR count). The summed E-state index contributed by atoms with van der Waals surface area (Å²) < 4.78 is 234. The van der Waals surface area contributed by atoms with Crippen molar-refractivity contribution >= 4 is 5.97 Å². The first kappa shape index (κ1) is 33.0. The summed E-state index contributed by atoms with van der Waals surface area (Å²) in [4.78, 5) is 9.90. The van der Waals surface area contributed by atoms with Gasteiger partial charge < -0.3 is 5.11 Å². The highest BCUT2D eigenvalue weighted by atomic mass is 19.4. The third-order valence-electron chi connectivity index (χ3n) is 2.44. The number of carboxylic acid groups (broad SMARTS) is 1. The number of aliphatic carboxylic acids is 1. The molecule has 1 unspecified atom stereocenters. The van der Waals surface area contributed by atoms with Gasteiger partial charge in [-0.15, -0.1) is 35.1 Å². The molecule has 35 heavy (non-hydrogen) atoms. The Labute approximate surface area is 176 Å². The molecule has 0 aromatic heterocycles. The van der Waals surface area contributed by atoms with Crippen LogP contribution in [0.1, 0.15) is 0 Å². The van der Waals surface area contributed by atoms with Gasteiger partial charge >= 0.3 is 55.5 Å². The van der Waals surface area contributed by atoms with E-state index >= 15 is 0 Å². The molecule has 0 aromatic carbocycles. The Hall–Kier alpha value is -1.99. The van der Waals surface area contributed by atoms with Crippen LogP contribution < -0.4 is 0 Å². The average Bonchev–Trinajstić information content (AvgIpc) is 2.46. The molecule has 0 fully saturated rings. The minimum atomic E-state index is -7.06. The van der Waals surface area contributed by atoms with Crippen LogP contribution >= 0.6 is 0 Å². The number of carbonyl (C=O) groups is 1. The summed E-state index contributed by atoms with van der Waals surface area (Å²) in [5.41, 5.74) is 0. The number of hydrogen-bond acceptors (Lipinski definition) is 6. The third kappa shape index (κ3) is 9.53. The van der Waals surface area contributed by atoms with Gasteiger partial charge in [0.1, 0.15) is 0 Å². The Bertz CT molecular complexity index is 748. The molecule has 1 N–H and O–H groups in total. The van der Waals surface area contributed by atoms with Gasteiger partial charge in [-0.1, -0.05) is 0 Å². The predicted molar refractivity (Wildman–Crippen MR) is 58.6 cm³/mol. The van der Waals surface area contributed by atoms with Gasteiger partial charge in [0.25, 0.3) is 6.17 Å². The van der Waals surface area contributed by atoms with Crippen molar-refractivity contribution in [2.45, 2.75) is 55.7 Å². The molecule has 1 atom stereocenters. The van der Waals surface area contributed by atoms with Crippen LogP contribution in [-0.2, 0) is 28.5 Å². The average molecular weight is 576 g/mol. The smallest absolute Gasteiger partial charge is 0.477 e. The quantitative estimate of drug-likeness (QED) is 0.242. The molecule has 0 aliphatic carbocycles. The van der Waals surface area contributed by atoms with E-state index in [0.29, 0.717) is 0 Å². The maximum Gasteiger partial charge on any atom is 0.498 e. The highest BCUT2D eigenvalue weighted by Crippen LogP contribution is 2.45. The molecule has 25 heteroatoms. The summed E-state index contributed by atoms with van der Waals surface area (Å²) in [6.45, 7) is 0. The maximum absolute atomic E-state index is 12.9. The molecule has 0 radical (unpaired) electrons. The molecular weight excluding hydrogens is 574 g/mol. The second kappa shape index (κ2) is 9.47. The van der Waals surface area contributed by atoms with Gasteiger partial charge in [-0.3, -0.25) is 0 Å². The Kier molecular flexibility index (Phi) is 8.93. The SMILES string of the molecule is O=C(O)C(F)(F)C(F)C(F)(F)OC(F)(F)OC(F)(F)OC(F)(F)OC(F)(F)OC(F)(F)C(F)(F)F. The number of carboxylic acids is 1. The molecule has 0 bridgehead atoms. The number of ether oxygens (including phenoxy) is 5. The summed E-state index contributed by atoms with van der Waals surface area (Å²) >= 11 is 0. The molecule has 210 valence electrons. The second-order valence-corrected chi connectivity index (χ2v) is 5.23. The number of alkyl halides is 18. The summed E-state index contributed by atoms with van der Waals surface area (Å²) in [7, 11) is 0. The minimum Gasteiger partial charge on any atom is -0.477 e. The summed E-state index contributed by atoms with van der Waals surface area (Å²) in [6.07, 6.45) is -54.3. The fourth-order valence-electron chi connectivity index (χ4n) is 1.24. The molecule has 0 aliphatic heterocycles. The summed E-state index contributed by atoms with van der Waals surface area (Å²) in [6, 6.07) is 0. The molecule has 0 aliphatic rings. The monoisotopic (exact) mass is 576 g/mol. The molecule has 0 aromatic rings. The van der Waals surface area contributed by atoms with E-state index in [1.54, 1.807) is 18.9 Å². The Balaban J connectivity index is 5.51. The van der Waals surface area contributed by atoms with Crippen molar-refractivity contribution in [3.63, 3.8) is 0 Å². The van der Waals surface area contributed by atoms with E-state index in [1.807, 2.05) is 0 Å². The topological polar surface area (TPSA) is 83.5 Å². The van der Waals surface area contributed by atoms with Gasteiger partial charge in [-0.25, -0.2) is 32.9 Å². The lowest BCUT2D eigenvalue weighted by Gasteiger charge is -2.30. The zero-order valence-corrected chi connectivity index (χ0v) is 14.8. The van der Waals surface area contributed by atoms with Crippen molar-refractivity contribution in [2.75, 3.05) is 0 Å². The second-order valence-electron chi connectivity index (χ2n) is 5.23. The van der Waals surface area contributed by atoms with Crippen molar-refractivity contribution in [3.05, 3.63) is 0 Å². The van der Waals surface area contributed by atoms with Crippen LogP contribution in [-0.4, -0.2) is 66.7 Å². The largest absolute Gasteiger partial charge is 0.498 e. The van der Waals surface area contributed by atoms with E-state index in [1.165, 1.54) is 4.74 Å². The number of rotatable bonds is 13. The number of halogens is 18. The van der Waals surface area contributed by atoms with Crippen LogP contribution in [0, 0.1) is 0 Å². The maximum atomic E-state index is 12.9. The van der Waals surface area contributed by atoms with Crippen molar-refractivity contribution in [1.82, 2.24) is 0 Å². The van der Waals surface area contributed by atoms with Crippen LogP contribution in [0.4, 0.5) is 79.0 Å². The first-order chi connectivity index (χ1) is 14.9. The summed E-state index contributed by atoms with van der Waals surface area (Å²) in [5, 5.41) is 7.78. The highest BCUT2D eigenvalue weighted by Gasteiger charge is 2.69. The van der Waals surface area contributed by atoms with Crippen LogP contribution in [0.5, 0.6) is 0 Å². The fraction of sp³-hybridized carbons (Fsp3) is 0.900. The highest BCUT2D eigenvalue weighted by molar-refractivity contribution is 5.76. The normalized spacial score (nSPS) is 16.4. The zero-order valence-electron chi connectivity index (χ0n) is 14.8. The number of hydrogen-bond donors (Lipinski definition) is 1. The molecule has 0 saturated carbocycles. The molecule has 0 amide bonds. The Morgan fingerprint density at radius 2 is 0.829 bits per heavy atom. The van der Waals surface area contributed by atoms with Crippen molar-refractivity contribution in [1.29, 1.82) is 0 Å². The standard InChI is InChI=1S/C10H2F18O7/c11-1(3(12,13)2(29)30)4(14,15)31-7(21,22)33-9(25,26)35-10(27,28)34-8(23,24)32-6(19,20)5(16,17)18/h1H,(H,29,30). The van der Waals surface area contributed by atoms with Gasteiger partial charge in [0.2, 0.25) is 0 Å². The Morgan fingerprint density at radius 3 is 1.11 bits per heavy atom. The molecular formula is C10H2F18O7. The van der Waals surface area contributed by atoms with Crippen molar-refractivity contribution in [2.24, 2.45) is 0 Å². The van der Waals surface area contributed by atoms with Crippen LogP contribution in [0.15, 0.2) is 0 Å². The van der Waals surface area contributed by atoms with E-state index < -0.39 is 61.6 Å².